The number of hydrogen-bond donors (Lipinski definition) is 1. The van der Waals surface area contributed by atoms with E-state index in [4.69, 9.17) is 5.73 Å². The minimum atomic E-state index is -0.286. The number of carbonyl (C=O) groups excluding carboxylic acids is 1. The molecular formula is C12H24N2O. The third kappa shape index (κ3) is 3.20. The van der Waals surface area contributed by atoms with Crippen LogP contribution in [-0.4, -0.2) is 29.4 Å². The Balaban J connectivity index is 2.52. The van der Waals surface area contributed by atoms with Crippen LogP contribution in [0.1, 0.15) is 46.5 Å². The van der Waals surface area contributed by atoms with E-state index in [0.717, 1.165) is 38.1 Å². The molecule has 0 radical (unpaired) electrons. The summed E-state index contributed by atoms with van der Waals surface area (Å²) >= 11 is 0. The van der Waals surface area contributed by atoms with Crippen molar-refractivity contribution in [2.45, 2.75) is 58.5 Å². The summed E-state index contributed by atoms with van der Waals surface area (Å²) in [5, 5.41) is 0. The Bertz CT molecular complexity index is 218. The Morgan fingerprint density at radius 2 is 2.20 bits per heavy atom. The van der Waals surface area contributed by atoms with Crippen LogP contribution < -0.4 is 5.73 Å². The highest BCUT2D eigenvalue weighted by molar-refractivity contribution is 5.82. The smallest absolute Gasteiger partial charge is 0.239 e. The number of amides is 1. The maximum Gasteiger partial charge on any atom is 0.239 e. The molecule has 1 amide bonds. The fraction of sp³-hybridized carbons (Fsp3) is 0.917. The summed E-state index contributed by atoms with van der Waals surface area (Å²) in [6, 6.07) is 0.0787. The molecule has 0 aliphatic carbocycles. The van der Waals surface area contributed by atoms with Crippen molar-refractivity contribution in [1.29, 1.82) is 0 Å². The van der Waals surface area contributed by atoms with E-state index in [1.807, 2.05) is 4.90 Å². The lowest BCUT2D eigenvalue weighted by Crippen LogP contribution is -2.50. The van der Waals surface area contributed by atoms with Gasteiger partial charge in [0, 0.05) is 12.6 Å². The fourth-order valence-electron chi connectivity index (χ4n) is 2.38. The van der Waals surface area contributed by atoms with Crippen LogP contribution in [-0.2, 0) is 4.79 Å². The summed E-state index contributed by atoms with van der Waals surface area (Å²) in [6.45, 7) is 7.34. The fourth-order valence-corrected chi connectivity index (χ4v) is 2.38. The SMILES string of the molecule is CCCC(N)C(=O)N1CCC(C)CC1C. The summed E-state index contributed by atoms with van der Waals surface area (Å²) in [5.74, 6) is 0.891. The van der Waals surface area contributed by atoms with Gasteiger partial charge < -0.3 is 10.6 Å². The third-order valence-corrected chi connectivity index (χ3v) is 3.34. The zero-order valence-corrected chi connectivity index (χ0v) is 10.2. The maximum atomic E-state index is 12.0. The van der Waals surface area contributed by atoms with Gasteiger partial charge in [0.05, 0.1) is 6.04 Å². The van der Waals surface area contributed by atoms with Gasteiger partial charge in [-0.3, -0.25) is 4.79 Å². The van der Waals surface area contributed by atoms with Crippen molar-refractivity contribution in [3.8, 4) is 0 Å². The molecule has 3 unspecified atom stereocenters. The minimum Gasteiger partial charge on any atom is -0.339 e. The molecule has 0 aromatic rings. The van der Waals surface area contributed by atoms with Crippen LogP contribution in [0.15, 0.2) is 0 Å². The van der Waals surface area contributed by atoms with Crippen LogP contribution in [0.4, 0.5) is 0 Å². The van der Waals surface area contributed by atoms with Gasteiger partial charge in [0.2, 0.25) is 5.91 Å². The monoisotopic (exact) mass is 212 g/mol. The first-order valence-corrected chi connectivity index (χ1v) is 6.12. The van der Waals surface area contributed by atoms with E-state index in [1.54, 1.807) is 0 Å². The summed E-state index contributed by atoms with van der Waals surface area (Å²) in [5.41, 5.74) is 5.86. The lowest BCUT2D eigenvalue weighted by molar-refractivity contribution is -0.136. The Kier molecular flexibility index (Phi) is 4.58. The van der Waals surface area contributed by atoms with Crippen LogP contribution in [0.3, 0.4) is 0 Å². The highest BCUT2D eigenvalue weighted by Gasteiger charge is 2.29. The number of likely N-dealkylation sites (tertiary alicyclic amines) is 1. The van der Waals surface area contributed by atoms with Gasteiger partial charge in [-0.2, -0.15) is 0 Å². The third-order valence-electron chi connectivity index (χ3n) is 3.34. The Labute approximate surface area is 93.0 Å². The van der Waals surface area contributed by atoms with Crippen LogP contribution in [0.5, 0.6) is 0 Å². The zero-order valence-electron chi connectivity index (χ0n) is 10.2. The molecule has 0 saturated carbocycles. The lowest BCUT2D eigenvalue weighted by Gasteiger charge is -2.37. The van der Waals surface area contributed by atoms with E-state index in [-0.39, 0.29) is 11.9 Å². The van der Waals surface area contributed by atoms with E-state index >= 15 is 0 Å². The molecule has 0 bridgehead atoms. The quantitative estimate of drug-likeness (QED) is 0.775. The topological polar surface area (TPSA) is 46.3 Å². The molecule has 1 saturated heterocycles. The van der Waals surface area contributed by atoms with Gasteiger partial charge in [-0.15, -0.1) is 0 Å². The molecular weight excluding hydrogens is 188 g/mol. The van der Waals surface area contributed by atoms with Gasteiger partial charge >= 0.3 is 0 Å². The number of nitrogens with two attached hydrogens (primary N) is 1. The molecule has 15 heavy (non-hydrogen) atoms. The van der Waals surface area contributed by atoms with Crippen molar-refractivity contribution in [2.75, 3.05) is 6.54 Å². The molecule has 0 aromatic heterocycles. The van der Waals surface area contributed by atoms with Gasteiger partial charge in [-0.25, -0.2) is 0 Å². The number of nitrogens with zero attached hydrogens (tertiary/aromatic N) is 1. The van der Waals surface area contributed by atoms with Crippen LogP contribution in [0.25, 0.3) is 0 Å². The first-order chi connectivity index (χ1) is 7.06. The van der Waals surface area contributed by atoms with Gasteiger partial charge in [-0.1, -0.05) is 20.3 Å². The van der Waals surface area contributed by atoms with Crippen molar-refractivity contribution in [3.05, 3.63) is 0 Å². The van der Waals surface area contributed by atoms with Gasteiger partial charge in [0.25, 0.3) is 0 Å². The molecule has 1 aliphatic heterocycles. The van der Waals surface area contributed by atoms with Gasteiger partial charge in [-0.05, 0) is 32.1 Å². The van der Waals surface area contributed by atoms with Crippen LogP contribution in [0.2, 0.25) is 0 Å². The highest BCUT2D eigenvalue weighted by Crippen LogP contribution is 2.22. The number of piperidine rings is 1. The molecule has 1 rings (SSSR count). The maximum absolute atomic E-state index is 12.0. The summed E-state index contributed by atoms with van der Waals surface area (Å²) in [4.78, 5) is 14.0. The molecule has 1 aliphatic rings. The normalized spacial score (nSPS) is 28.9. The van der Waals surface area contributed by atoms with Crippen molar-refractivity contribution in [3.63, 3.8) is 0 Å². The summed E-state index contributed by atoms with van der Waals surface area (Å²) in [7, 11) is 0. The molecule has 0 aromatic carbocycles. The van der Waals surface area contributed by atoms with Crippen LogP contribution in [0, 0.1) is 5.92 Å². The second-order valence-corrected chi connectivity index (χ2v) is 4.91. The number of carbonyl (C=O) groups is 1. The number of hydrogen-bond acceptors (Lipinski definition) is 2. The Morgan fingerprint density at radius 1 is 1.53 bits per heavy atom. The summed E-state index contributed by atoms with van der Waals surface area (Å²) in [6.07, 6.45) is 4.02. The van der Waals surface area contributed by atoms with E-state index < -0.39 is 0 Å². The van der Waals surface area contributed by atoms with Gasteiger partial charge in [0.15, 0.2) is 0 Å². The predicted molar refractivity (Wildman–Crippen MR) is 62.5 cm³/mol. The zero-order chi connectivity index (χ0) is 11.4. The molecule has 3 heteroatoms. The van der Waals surface area contributed by atoms with Crippen LogP contribution >= 0.6 is 0 Å². The first-order valence-electron chi connectivity index (χ1n) is 6.12. The van der Waals surface area contributed by atoms with Crippen molar-refractivity contribution in [2.24, 2.45) is 11.7 Å². The lowest BCUT2D eigenvalue weighted by atomic mass is 9.92. The van der Waals surface area contributed by atoms with E-state index in [1.165, 1.54) is 0 Å². The van der Waals surface area contributed by atoms with Gasteiger partial charge in [0.1, 0.15) is 0 Å². The standard InChI is InChI=1S/C12H24N2O/c1-4-5-11(13)12(15)14-7-6-9(2)8-10(14)3/h9-11H,4-8,13H2,1-3H3. The Morgan fingerprint density at radius 3 is 2.73 bits per heavy atom. The second kappa shape index (κ2) is 5.50. The predicted octanol–water partition coefficient (Wildman–Crippen LogP) is 1.76. The molecule has 3 atom stereocenters. The average Bonchev–Trinajstić information content (AvgIpc) is 2.17. The largest absolute Gasteiger partial charge is 0.339 e. The van der Waals surface area contributed by atoms with Crippen molar-refractivity contribution in [1.82, 2.24) is 4.90 Å². The molecule has 1 fully saturated rings. The van der Waals surface area contributed by atoms with E-state index in [9.17, 15) is 4.79 Å². The molecule has 3 nitrogen and oxygen atoms in total. The van der Waals surface area contributed by atoms with E-state index in [0.29, 0.717) is 6.04 Å². The average molecular weight is 212 g/mol. The Hall–Kier alpha value is -0.570. The second-order valence-electron chi connectivity index (χ2n) is 4.91. The molecule has 0 spiro atoms. The number of rotatable bonds is 3. The van der Waals surface area contributed by atoms with Crippen molar-refractivity contribution >= 4 is 5.91 Å². The summed E-state index contributed by atoms with van der Waals surface area (Å²) < 4.78 is 0. The molecule has 88 valence electrons. The van der Waals surface area contributed by atoms with E-state index in [2.05, 4.69) is 20.8 Å². The van der Waals surface area contributed by atoms with Crippen molar-refractivity contribution < 1.29 is 4.79 Å². The highest BCUT2D eigenvalue weighted by atomic mass is 16.2. The molecule has 1 heterocycles. The minimum absolute atomic E-state index is 0.149. The molecule has 2 N–H and O–H groups in total. The first kappa shape index (κ1) is 12.5.